The second-order valence-corrected chi connectivity index (χ2v) is 6.08. The molecule has 0 atom stereocenters. The van der Waals surface area contributed by atoms with E-state index in [1.54, 1.807) is 6.07 Å². The van der Waals surface area contributed by atoms with Crippen LogP contribution in [0.25, 0.3) is 0 Å². The smallest absolute Gasteiger partial charge is 0.265 e. The molecule has 118 valence electrons. The van der Waals surface area contributed by atoms with Crippen molar-refractivity contribution < 1.29 is 14.3 Å². The summed E-state index contributed by atoms with van der Waals surface area (Å²) in [6, 6.07) is 7.35. The minimum Gasteiger partial charge on any atom is -0.494 e. The molecular weight excluding hydrogens is 298 g/mol. The van der Waals surface area contributed by atoms with E-state index >= 15 is 0 Å². The molecule has 5 heteroatoms. The molecule has 0 saturated heterocycles. The van der Waals surface area contributed by atoms with Gasteiger partial charge in [-0.1, -0.05) is 0 Å². The monoisotopic (exact) mass is 319 g/mol. The summed E-state index contributed by atoms with van der Waals surface area (Å²) in [7, 11) is 0. The molecule has 1 aromatic carbocycles. The maximum atomic E-state index is 12.4. The van der Waals surface area contributed by atoms with Crippen molar-refractivity contribution in [3.63, 3.8) is 0 Å². The average molecular weight is 319 g/mol. The second kappa shape index (κ2) is 7.31. The number of ether oxygens (including phenoxy) is 2. The van der Waals surface area contributed by atoms with E-state index in [0.717, 1.165) is 10.4 Å². The zero-order valence-electron chi connectivity index (χ0n) is 13.4. The SMILES string of the molecule is CCOc1ccc(OCC)c(NC(=O)c2cc(C)c(C)s2)c1. The number of rotatable bonds is 6. The van der Waals surface area contributed by atoms with Gasteiger partial charge in [-0.15, -0.1) is 11.3 Å². The topological polar surface area (TPSA) is 47.6 Å². The number of carbonyl (C=O) groups is 1. The van der Waals surface area contributed by atoms with Crippen molar-refractivity contribution in [2.75, 3.05) is 18.5 Å². The molecule has 1 N–H and O–H groups in total. The minimum atomic E-state index is -0.129. The van der Waals surface area contributed by atoms with Crippen LogP contribution in [0.5, 0.6) is 11.5 Å². The predicted octanol–water partition coefficient (Wildman–Crippen LogP) is 4.41. The first-order chi connectivity index (χ1) is 10.5. The van der Waals surface area contributed by atoms with Crippen LogP contribution in [0.3, 0.4) is 0 Å². The van der Waals surface area contributed by atoms with Gasteiger partial charge >= 0.3 is 0 Å². The second-order valence-electron chi connectivity index (χ2n) is 4.83. The molecule has 1 heterocycles. The predicted molar refractivity (Wildman–Crippen MR) is 90.5 cm³/mol. The van der Waals surface area contributed by atoms with Crippen molar-refractivity contribution in [2.45, 2.75) is 27.7 Å². The molecular formula is C17H21NO3S. The van der Waals surface area contributed by atoms with Gasteiger partial charge in [-0.25, -0.2) is 0 Å². The van der Waals surface area contributed by atoms with Crippen LogP contribution in [0.4, 0.5) is 5.69 Å². The number of aryl methyl sites for hydroxylation is 2. The molecule has 0 fully saturated rings. The molecule has 0 bridgehead atoms. The molecule has 0 aliphatic carbocycles. The lowest BCUT2D eigenvalue weighted by atomic mass is 10.2. The highest BCUT2D eigenvalue weighted by Gasteiger charge is 2.14. The molecule has 0 radical (unpaired) electrons. The highest BCUT2D eigenvalue weighted by molar-refractivity contribution is 7.14. The van der Waals surface area contributed by atoms with E-state index in [9.17, 15) is 4.79 Å². The zero-order valence-corrected chi connectivity index (χ0v) is 14.2. The number of nitrogens with one attached hydrogen (secondary N) is 1. The Hall–Kier alpha value is -2.01. The molecule has 0 spiro atoms. The van der Waals surface area contributed by atoms with Gasteiger partial charge in [0, 0.05) is 10.9 Å². The number of thiophene rings is 1. The third-order valence-corrected chi connectivity index (χ3v) is 4.35. The number of anilines is 1. The van der Waals surface area contributed by atoms with Crippen molar-refractivity contribution in [1.82, 2.24) is 0 Å². The number of hydrogen-bond acceptors (Lipinski definition) is 4. The van der Waals surface area contributed by atoms with Gasteiger partial charge in [0.1, 0.15) is 11.5 Å². The summed E-state index contributed by atoms with van der Waals surface area (Å²) in [5.74, 6) is 1.22. The molecule has 0 aliphatic rings. The largest absolute Gasteiger partial charge is 0.494 e. The molecule has 4 nitrogen and oxygen atoms in total. The van der Waals surface area contributed by atoms with Gasteiger partial charge < -0.3 is 14.8 Å². The first-order valence-corrected chi connectivity index (χ1v) is 8.14. The molecule has 1 amide bonds. The van der Waals surface area contributed by atoms with Gasteiger partial charge in [0.25, 0.3) is 5.91 Å². The van der Waals surface area contributed by atoms with Crippen molar-refractivity contribution in [1.29, 1.82) is 0 Å². The van der Waals surface area contributed by atoms with E-state index in [1.807, 2.05) is 45.9 Å². The maximum absolute atomic E-state index is 12.4. The maximum Gasteiger partial charge on any atom is 0.265 e. The van der Waals surface area contributed by atoms with E-state index < -0.39 is 0 Å². The Morgan fingerprint density at radius 1 is 1.14 bits per heavy atom. The number of hydrogen-bond donors (Lipinski definition) is 1. The lowest BCUT2D eigenvalue weighted by Crippen LogP contribution is -2.11. The Labute approximate surface area is 135 Å². The summed E-state index contributed by atoms with van der Waals surface area (Å²) in [4.78, 5) is 14.3. The lowest BCUT2D eigenvalue weighted by Gasteiger charge is -2.13. The fourth-order valence-corrected chi connectivity index (χ4v) is 2.94. The normalized spacial score (nSPS) is 10.4. The van der Waals surface area contributed by atoms with Crippen LogP contribution in [-0.4, -0.2) is 19.1 Å². The highest BCUT2D eigenvalue weighted by Crippen LogP contribution is 2.30. The highest BCUT2D eigenvalue weighted by atomic mass is 32.1. The van der Waals surface area contributed by atoms with Crippen LogP contribution in [0.1, 0.15) is 34.0 Å². The molecule has 2 rings (SSSR count). The number of benzene rings is 1. The van der Waals surface area contributed by atoms with Gasteiger partial charge in [-0.05, 0) is 51.5 Å². The van der Waals surface area contributed by atoms with Gasteiger partial charge in [0.05, 0.1) is 23.8 Å². The molecule has 0 saturated carbocycles. The number of amides is 1. The Bertz CT molecular complexity index is 644. The fourth-order valence-electron chi connectivity index (χ4n) is 2.01. The van der Waals surface area contributed by atoms with Gasteiger partial charge in [-0.2, -0.15) is 0 Å². The Balaban J connectivity index is 2.25. The van der Waals surface area contributed by atoms with E-state index in [1.165, 1.54) is 11.3 Å². The van der Waals surface area contributed by atoms with Crippen molar-refractivity contribution in [3.05, 3.63) is 39.6 Å². The Morgan fingerprint density at radius 2 is 1.86 bits per heavy atom. The average Bonchev–Trinajstić information content (AvgIpc) is 2.82. The first kappa shape index (κ1) is 16.4. The molecule has 1 aromatic heterocycles. The fraction of sp³-hybridized carbons (Fsp3) is 0.353. The Kier molecular flexibility index (Phi) is 5.44. The summed E-state index contributed by atoms with van der Waals surface area (Å²) < 4.78 is 11.1. The summed E-state index contributed by atoms with van der Waals surface area (Å²) >= 11 is 1.49. The van der Waals surface area contributed by atoms with Crippen molar-refractivity contribution >= 4 is 22.9 Å². The summed E-state index contributed by atoms with van der Waals surface area (Å²) in [5, 5.41) is 2.92. The quantitative estimate of drug-likeness (QED) is 0.857. The van der Waals surface area contributed by atoms with E-state index in [4.69, 9.17) is 9.47 Å². The van der Waals surface area contributed by atoms with Crippen LogP contribution < -0.4 is 14.8 Å². The third-order valence-electron chi connectivity index (χ3n) is 3.20. The van der Waals surface area contributed by atoms with E-state index in [2.05, 4.69) is 5.32 Å². The van der Waals surface area contributed by atoms with Crippen LogP contribution in [0.15, 0.2) is 24.3 Å². The first-order valence-electron chi connectivity index (χ1n) is 7.33. The van der Waals surface area contributed by atoms with Crippen LogP contribution in [0.2, 0.25) is 0 Å². The van der Waals surface area contributed by atoms with Crippen molar-refractivity contribution in [3.8, 4) is 11.5 Å². The van der Waals surface area contributed by atoms with Gasteiger partial charge in [0.2, 0.25) is 0 Å². The third kappa shape index (κ3) is 3.80. The van der Waals surface area contributed by atoms with Crippen LogP contribution >= 0.6 is 11.3 Å². The summed E-state index contributed by atoms with van der Waals surface area (Å²) in [5.41, 5.74) is 1.75. The summed E-state index contributed by atoms with van der Waals surface area (Å²) in [6.07, 6.45) is 0. The zero-order chi connectivity index (χ0) is 16.1. The lowest BCUT2D eigenvalue weighted by molar-refractivity contribution is 0.103. The molecule has 0 aliphatic heterocycles. The van der Waals surface area contributed by atoms with E-state index in [0.29, 0.717) is 35.3 Å². The molecule has 22 heavy (non-hydrogen) atoms. The van der Waals surface area contributed by atoms with Crippen molar-refractivity contribution in [2.24, 2.45) is 0 Å². The standard InChI is InChI=1S/C17H21NO3S/c1-5-20-13-7-8-15(21-6-2)14(10-13)18-17(19)16-9-11(3)12(4)22-16/h7-10H,5-6H2,1-4H3,(H,18,19). The van der Waals surface area contributed by atoms with E-state index in [-0.39, 0.29) is 5.91 Å². The van der Waals surface area contributed by atoms with Gasteiger partial charge in [0.15, 0.2) is 0 Å². The Morgan fingerprint density at radius 3 is 2.45 bits per heavy atom. The molecule has 2 aromatic rings. The van der Waals surface area contributed by atoms with Crippen LogP contribution in [0, 0.1) is 13.8 Å². The van der Waals surface area contributed by atoms with Gasteiger partial charge in [-0.3, -0.25) is 4.79 Å². The van der Waals surface area contributed by atoms with Crippen LogP contribution in [-0.2, 0) is 0 Å². The minimum absolute atomic E-state index is 0.129. The molecule has 0 unspecified atom stereocenters. The number of carbonyl (C=O) groups excluding carboxylic acids is 1. The summed E-state index contributed by atoms with van der Waals surface area (Å²) in [6.45, 7) is 8.96.